The van der Waals surface area contributed by atoms with Crippen LogP contribution in [-0.4, -0.2) is 32.8 Å². The number of hydrogen-bond donors (Lipinski definition) is 0. The van der Waals surface area contributed by atoms with Crippen LogP contribution in [0.1, 0.15) is 15.3 Å². The molecule has 8 heteroatoms. The highest BCUT2D eigenvalue weighted by molar-refractivity contribution is 7.89. The van der Waals surface area contributed by atoms with Crippen molar-refractivity contribution in [3.63, 3.8) is 0 Å². The molecule has 1 aromatic carbocycles. The lowest BCUT2D eigenvalue weighted by Gasteiger charge is -2.12. The minimum Gasteiger partial charge on any atom is -0.457 e. The molecule has 3 aromatic rings. The first kappa shape index (κ1) is 20.5. The van der Waals surface area contributed by atoms with E-state index in [1.165, 1.54) is 48.9 Å². The van der Waals surface area contributed by atoms with E-state index in [9.17, 15) is 13.2 Å². The van der Waals surface area contributed by atoms with Crippen molar-refractivity contribution in [1.82, 2.24) is 4.31 Å². The molecule has 2 heterocycles. The van der Waals surface area contributed by atoms with Gasteiger partial charge in [-0.3, -0.25) is 0 Å². The Bertz CT molecular complexity index is 1070. The van der Waals surface area contributed by atoms with Gasteiger partial charge in [0.2, 0.25) is 10.0 Å². The second kappa shape index (κ2) is 8.83. The molecule has 0 radical (unpaired) electrons. The van der Waals surface area contributed by atoms with Crippen molar-refractivity contribution in [2.24, 2.45) is 0 Å². The van der Waals surface area contributed by atoms with Crippen molar-refractivity contribution in [3.05, 3.63) is 74.6 Å². The number of carbonyl (C=O) groups is 1. The number of rotatable bonds is 7. The van der Waals surface area contributed by atoms with Crippen LogP contribution in [0.5, 0.6) is 0 Å². The molecule has 0 unspecified atom stereocenters. The van der Waals surface area contributed by atoms with E-state index < -0.39 is 16.0 Å². The Morgan fingerprint density at radius 2 is 1.82 bits per heavy atom. The second-order valence-electron chi connectivity index (χ2n) is 6.06. The van der Waals surface area contributed by atoms with E-state index in [2.05, 4.69) is 0 Å². The molecule has 0 N–H and O–H groups in total. The van der Waals surface area contributed by atoms with Gasteiger partial charge in [0.05, 0.1) is 10.5 Å². The van der Waals surface area contributed by atoms with Gasteiger partial charge in [0, 0.05) is 23.8 Å². The van der Waals surface area contributed by atoms with Crippen molar-refractivity contribution in [2.45, 2.75) is 11.5 Å². The highest BCUT2D eigenvalue weighted by Crippen LogP contribution is 2.26. The molecular formula is C20H19NO4S3. The van der Waals surface area contributed by atoms with Gasteiger partial charge in [-0.1, -0.05) is 24.3 Å². The molecule has 0 saturated heterocycles. The number of benzene rings is 1. The van der Waals surface area contributed by atoms with Gasteiger partial charge in [0.15, 0.2) is 0 Å². The molecule has 5 nitrogen and oxygen atoms in total. The topological polar surface area (TPSA) is 63.7 Å². The number of thiophene rings is 2. The first-order chi connectivity index (χ1) is 13.4. The summed E-state index contributed by atoms with van der Waals surface area (Å²) in [6.07, 6.45) is 1.81. The number of ether oxygens (including phenoxy) is 1. The Kier molecular flexibility index (Phi) is 6.46. The lowest BCUT2D eigenvalue weighted by Crippen LogP contribution is -2.22. The van der Waals surface area contributed by atoms with Crippen LogP contribution in [-0.2, 0) is 26.2 Å². The largest absolute Gasteiger partial charge is 0.457 e. The summed E-state index contributed by atoms with van der Waals surface area (Å²) in [5, 5.41) is 3.85. The number of sulfonamides is 1. The van der Waals surface area contributed by atoms with Gasteiger partial charge in [0.1, 0.15) is 6.61 Å². The van der Waals surface area contributed by atoms with Crippen LogP contribution in [0, 0.1) is 0 Å². The minimum absolute atomic E-state index is 0.0111. The Balaban J connectivity index is 1.79. The van der Waals surface area contributed by atoms with Crippen LogP contribution in [0.2, 0.25) is 0 Å². The fraction of sp³-hybridized carbons (Fsp3) is 0.150. The fourth-order valence-corrected chi connectivity index (χ4v) is 4.77. The Labute approximate surface area is 172 Å². The molecule has 0 spiro atoms. The second-order valence-corrected chi connectivity index (χ2v) is 10.1. The van der Waals surface area contributed by atoms with Gasteiger partial charge in [-0.15, -0.1) is 22.7 Å². The smallest absolute Gasteiger partial charge is 0.339 e. The lowest BCUT2D eigenvalue weighted by molar-refractivity contribution is -0.137. The van der Waals surface area contributed by atoms with Crippen molar-refractivity contribution in [2.75, 3.05) is 14.1 Å². The molecule has 0 amide bonds. The normalized spacial score (nSPS) is 12.3. The van der Waals surface area contributed by atoms with Gasteiger partial charge in [-0.25, -0.2) is 17.5 Å². The maximum atomic E-state index is 12.7. The molecule has 0 aliphatic heterocycles. The van der Waals surface area contributed by atoms with E-state index in [1.54, 1.807) is 12.1 Å². The number of carbonyl (C=O) groups excluding carboxylic acids is 1. The molecule has 2 aromatic heterocycles. The third-order valence-corrected chi connectivity index (χ3v) is 7.42. The number of esters is 1. The molecule has 0 aliphatic rings. The lowest BCUT2D eigenvalue weighted by atomic mass is 10.2. The summed E-state index contributed by atoms with van der Waals surface area (Å²) in [6, 6.07) is 14.0. The first-order valence-corrected chi connectivity index (χ1v) is 11.6. The Morgan fingerprint density at radius 3 is 2.46 bits per heavy atom. The summed E-state index contributed by atoms with van der Waals surface area (Å²) in [5.41, 5.74) is 1.09. The summed E-state index contributed by atoms with van der Waals surface area (Å²) in [7, 11) is -0.586. The predicted molar refractivity (Wildman–Crippen MR) is 114 cm³/mol. The molecule has 28 heavy (non-hydrogen) atoms. The molecule has 0 fully saturated rings. The number of hydrogen-bond acceptors (Lipinski definition) is 6. The van der Waals surface area contributed by atoms with Crippen molar-refractivity contribution >= 4 is 50.3 Å². The quantitative estimate of drug-likeness (QED) is 0.411. The standard InChI is InChI=1S/C20H19NO4S3/c1-21(2)28(23,24)17-8-3-6-15(12-17)14-25-20(22)18(19-9-5-11-27-19)13-16-7-4-10-26-16/h3-13H,14H2,1-2H3/b18-13+. The average molecular weight is 434 g/mol. The van der Waals surface area contributed by atoms with E-state index in [0.29, 0.717) is 11.1 Å². The fourth-order valence-electron chi connectivity index (χ4n) is 2.41. The molecule has 3 rings (SSSR count). The van der Waals surface area contributed by atoms with E-state index in [-0.39, 0.29) is 11.5 Å². The molecule has 146 valence electrons. The molecule has 0 aliphatic carbocycles. The molecule has 0 bridgehead atoms. The van der Waals surface area contributed by atoms with Crippen molar-refractivity contribution < 1.29 is 17.9 Å². The van der Waals surface area contributed by atoms with Crippen LogP contribution >= 0.6 is 22.7 Å². The average Bonchev–Trinajstić information content (AvgIpc) is 3.38. The van der Waals surface area contributed by atoms with Gasteiger partial charge in [-0.05, 0) is 46.7 Å². The zero-order valence-corrected chi connectivity index (χ0v) is 17.8. The van der Waals surface area contributed by atoms with Crippen LogP contribution in [0.15, 0.2) is 64.2 Å². The van der Waals surface area contributed by atoms with Crippen LogP contribution in [0.4, 0.5) is 0 Å². The van der Waals surface area contributed by atoms with Crippen LogP contribution in [0.3, 0.4) is 0 Å². The van der Waals surface area contributed by atoms with Crippen molar-refractivity contribution in [1.29, 1.82) is 0 Å². The first-order valence-electron chi connectivity index (χ1n) is 8.35. The van der Waals surface area contributed by atoms with Crippen LogP contribution < -0.4 is 0 Å². The zero-order valence-electron chi connectivity index (χ0n) is 15.4. The maximum absolute atomic E-state index is 12.7. The van der Waals surface area contributed by atoms with Gasteiger partial charge >= 0.3 is 5.97 Å². The third-order valence-electron chi connectivity index (χ3n) is 3.88. The van der Waals surface area contributed by atoms with E-state index in [1.807, 2.05) is 41.1 Å². The Morgan fingerprint density at radius 1 is 1.07 bits per heavy atom. The molecule has 0 atom stereocenters. The van der Waals surface area contributed by atoms with Gasteiger partial charge in [0.25, 0.3) is 0 Å². The molecular weight excluding hydrogens is 414 g/mol. The van der Waals surface area contributed by atoms with Gasteiger partial charge in [-0.2, -0.15) is 0 Å². The summed E-state index contributed by atoms with van der Waals surface area (Å²) in [4.78, 5) is 14.7. The summed E-state index contributed by atoms with van der Waals surface area (Å²) in [6.45, 7) is -0.0111. The van der Waals surface area contributed by atoms with E-state index >= 15 is 0 Å². The minimum atomic E-state index is -3.54. The monoisotopic (exact) mass is 433 g/mol. The molecule has 0 saturated carbocycles. The van der Waals surface area contributed by atoms with Crippen molar-refractivity contribution in [3.8, 4) is 0 Å². The SMILES string of the molecule is CN(C)S(=O)(=O)c1cccc(COC(=O)/C(=C/c2cccs2)c2cccs2)c1. The van der Waals surface area contributed by atoms with Crippen LogP contribution in [0.25, 0.3) is 11.6 Å². The van der Waals surface area contributed by atoms with E-state index in [0.717, 1.165) is 14.1 Å². The summed E-state index contributed by atoms with van der Waals surface area (Å²) in [5.74, 6) is -0.447. The predicted octanol–water partition coefficient (Wildman–Crippen LogP) is 4.34. The summed E-state index contributed by atoms with van der Waals surface area (Å²) < 4.78 is 31.2. The Hall–Kier alpha value is -2.26. The third kappa shape index (κ3) is 4.77. The highest BCUT2D eigenvalue weighted by Gasteiger charge is 2.19. The van der Waals surface area contributed by atoms with Gasteiger partial charge < -0.3 is 4.74 Å². The maximum Gasteiger partial charge on any atom is 0.339 e. The zero-order chi connectivity index (χ0) is 20.1. The summed E-state index contributed by atoms with van der Waals surface area (Å²) >= 11 is 3.00. The highest BCUT2D eigenvalue weighted by atomic mass is 32.2. The van der Waals surface area contributed by atoms with E-state index in [4.69, 9.17) is 4.74 Å². The number of nitrogens with zero attached hydrogens (tertiary/aromatic N) is 1.